The molecular formula is C26H24ClN7O. The van der Waals surface area contributed by atoms with Crippen molar-refractivity contribution < 1.29 is 4.79 Å². The third kappa shape index (κ3) is 3.88. The Kier molecular flexibility index (Phi) is 5.87. The van der Waals surface area contributed by atoms with Gasteiger partial charge in [0.05, 0.1) is 22.8 Å². The first-order chi connectivity index (χ1) is 16.9. The number of nitrogens with one attached hydrogen (secondary N) is 1. The SMILES string of the molecule is C=CC(=O)N1CCC(n2nc(-c3ccc(C#N)nc3)c(-c3c(Cl)c(C)cc4[nH]ncc34)c2C)CC1. The number of benzene rings is 1. The molecule has 0 atom stereocenters. The molecule has 35 heavy (non-hydrogen) atoms. The molecule has 9 heteroatoms. The van der Waals surface area contributed by atoms with Gasteiger partial charge < -0.3 is 4.90 Å². The number of halogens is 1. The number of nitriles is 1. The van der Waals surface area contributed by atoms with Gasteiger partial charge in [-0.1, -0.05) is 18.2 Å². The van der Waals surface area contributed by atoms with Crippen LogP contribution in [0.4, 0.5) is 0 Å². The summed E-state index contributed by atoms with van der Waals surface area (Å²) in [5.74, 6) is -0.0421. The zero-order valence-corrected chi connectivity index (χ0v) is 20.3. The topological polar surface area (TPSA) is 103 Å². The van der Waals surface area contributed by atoms with Gasteiger partial charge in [-0.25, -0.2) is 4.98 Å². The second kappa shape index (κ2) is 9.01. The highest BCUT2D eigenvalue weighted by atomic mass is 35.5. The number of nitrogens with zero attached hydrogens (tertiary/aromatic N) is 6. The summed E-state index contributed by atoms with van der Waals surface area (Å²) >= 11 is 6.92. The summed E-state index contributed by atoms with van der Waals surface area (Å²) in [4.78, 5) is 18.2. The molecule has 1 aliphatic rings. The fraction of sp³-hybridized carbons (Fsp3) is 0.269. The van der Waals surface area contributed by atoms with Gasteiger partial charge in [-0.3, -0.25) is 14.6 Å². The monoisotopic (exact) mass is 485 g/mol. The summed E-state index contributed by atoms with van der Waals surface area (Å²) in [6.07, 6.45) is 6.40. The van der Waals surface area contributed by atoms with Gasteiger partial charge in [-0.05, 0) is 56.5 Å². The maximum Gasteiger partial charge on any atom is 0.245 e. The van der Waals surface area contributed by atoms with Crippen molar-refractivity contribution in [3.8, 4) is 28.5 Å². The molecule has 1 saturated heterocycles. The number of hydrogen-bond acceptors (Lipinski definition) is 5. The van der Waals surface area contributed by atoms with Crippen molar-refractivity contribution in [2.75, 3.05) is 13.1 Å². The Balaban J connectivity index is 1.68. The number of fused-ring (bicyclic) bond motifs is 1. The van der Waals surface area contributed by atoms with Crippen LogP contribution in [0.25, 0.3) is 33.3 Å². The number of aromatic amines is 1. The van der Waals surface area contributed by atoms with Gasteiger partial charge in [0.15, 0.2) is 0 Å². The third-order valence-electron chi connectivity index (χ3n) is 6.71. The zero-order valence-electron chi connectivity index (χ0n) is 19.5. The zero-order chi connectivity index (χ0) is 24.7. The molecule has 1 amide bonds. The van der Waals surface area contributed by atoms with Crippen molar-refractivity contribution >= 4 is 28.4 Å². The Bertz CT molecular complexity index is 1480. The number of likely N-dealkylation sites (tertiary alicyclic amines) is 1. The lowest BCUT2D eigenvalue weighted by Gasteiger charge is -2.32. The number of carbonyl (C=O) groups is 1. The maximum atomic E-state index is 12.1. The number of rotatable bonds is 4. The van der Waals surface area contributed by atoms with Crippen LogP contribution in [0, 0.1) is 25.2 Å². The Morgan fingerprint density at radius 2 is 2.03 bits per heavy atom. The van der Waals surface area contributed by atoms with E-state index >= 15 is 0 Å². The fourth-order valence-corrected chi connectivity index (χ4v) is 5.13. The average Bonchev–Trinajstić information content (AvgIpc) is 3.49. The number of carbonyl (C=O) groups excluding carboxylic acids is 1. The molecule has 176 valence electrons. The van der Waals surface area contributed by atoms with Gasteiger partial charge in [0, 0.05) is 47.1 Å². The summed E-state index contributed by atoms with van der Waals surface area (Å²) in [5, 5.41) is 23.1. The van der Waals surface area contributed by atoms with Crippen molar-refractivity contribution in [3.05, 3.63) is 65.2 Å². The molecule has 4 aromatic rings. The number of aryl methyl sites for hydroxylation is 1. The molecule has 0 radical (unpaired) electrons. The Labute approximate surface area is 207 Å². The Morgan fingerprint density at radius 3 is 2.69 bits per heavy atom. The van der Waals surface area contributed by atoms with Crippen molar-refractivity contribution in [2.45, 2.75) is 32.7 Å². The summed E-state index contributed by atoms with van der Waals surface area (Å²) in [7, 11) is 0. The number of pyridine rings is 1. The number of aromatic nitrogens is 5. The van der Waals surface area contributed by atoms with E-state index in [0.717, 1.165) is 57.4 Å². The molecule has 0 unspecified atom stereocenters. The number of H-pyrrole nitrogens is 1. The van der Waals surface area contributed by atoms with Crippen molar-refractivity contribution in [2.24, 2.45) is 0 Å². The normalized spacial score (nSPS) is 14.3. The highest BCUT2D eigenvalue weighted by molar-refractivity contribution is 6.36. The highest BCUT2D eigenvalue weighted by Crippen LogP contribution is 2.44. The second-order valence-electron chi connectivity index (χ2n) is 8.77. The number of amides is 1. The first-order valence-corrected chi connectivity index (χ1v) is 11.8. The minimum atomic E-state index is -0.0421. The van der Waals surface area contributed by atoms with Crippen molar-refractivity contribution in [1.82, 2.24) is 29.9 Å². The summed E-state index contributed by atoms with van der Waals surface area (Å²) < 4.78 is 2.06. The van der Waals surface area contributed by atoms with E-state index in [0.29, 0.717) is 23.8 Å². The third-order valence-corrected chi connectivity index (χ3v) is 7.20. The van der Waals surface area contributed by atoms with Crippen LogP contribution in [-0.2, 0) is 4.79 Å². The van der Waals surface area contributed by atoms with Gasteiger partial charge in [-0.15, -0.1) is 0 Å². The first kappa shape index (κ1) is 22.8. The van der Waals surface area contributed by atoms with Crippen LogP contribution in [-0.4, -0.2) is 48.9 Å². The van der Waals surface area contributed by atoms with Crippen molar-refractivity contribution in [3.63, 3.8) is 0 Å². The summed E-state index contributed by atoms with van der Waals surface area (Å²) in [6, 6.07) is 7.74. The lowest BCUT2D eigenvalue weighted by molar-refractivity contribution is -0.127. The summed E-state index contributed by atoms with van der Waals surface area (Å²) in [6.45, 7) is 8.92. The molecule has 3 aromatic heterocycles. The van der Waals surface area contributed by atoms with E-state index in [1.165, 1.54) is 6.08 Å². The average molecular weight is 486 g/mol. The molecule has 4 heterocycles. The highest BCUT2D eigenvalue weighted by Gasteiger charge is 2.29. The fourth-order valence-electron chi connectivity index (χ4n) is 4.88. The Morgan fingerprint density at radius 1 is 1.26 bits per heavy atom. The second-order valence-corrected chi connectivity index (χ2v) is 9.15. The molecule has 1 fully saturated rings. The standard InChI is InChI=1S/C26H24ClN7O/c1-4-22(35)33-9-7-19(8-10-33)34-16(3)23(26(32-34)17-5-6-18(12-28)29-13-17)24-20-14-30-31-21(20)11-15(2)25(24)27/h4-6,11,13-14,19H,1,7-10H2,2-3H3,(H,30,31). The molecular weight excluding hydrogens is 462 g/mol. The lowest BCUT2D eigenvalue weighted by atomic mass is 9.95. The summed E-state index contributed by atoms with van der Waals surface area (Å²) in [5.41, 5.74) is 6.50. The quantitative estimate of drug-likeness (QED) is 0.410. The molecule has 8 nitrogen and oxygen atoms in total. The van der Waals surface area contributed by atoms with Crippen LogP contribution < -0.4 is 0 Å². The maximum absolute atomic E-state index is 12.1. The van der Waals surface area contributed by atoms with Gasteiger partial charge >= 0.3 is 0 Å². The molecule has 1 N–H and O–H groups in total. The van der Waals surface area contributed by atoms with Crippen LogP contribution in [0.1, 0.15) is 35.8 Å². The minimum absolute atomic E-state index is 0.0421. The van der Waals surface area contributed by atoms with Crippen LogP contribution in [0.2, 0.25) is 5.02 Å². The minimum Gasteiger partial charge on any atom is -0.339 e. The van der Waals surface area contributed by atoms with Crippen LogP contribution in [0.5, 0.6) is 0 Å². The molecule has 5 rings (SSSR count). The predicted octanol–water partition coefficient (Wildman–Crippen LogP) is 4.98. The molecule has 0 spiro atoms. The largest absolute Gasteiger partial charge is 0.339 e. The predicted molar refractivity (Wildman–Crippen MR) is 135 cm³/mol. The van der Waals surface area contributed by atoms with Gasteiger partial charge in [-0.2, -0.15) is 15.5 Å². The van der Waals surface area contributed by atoms with Crippen molar-refractivity contribution in [1.29, 1.82) is 5.26 Å². The number of piperidine rings is 1. The lowest BCUT2D eigenvalue weighted by Crippen LogP contribution is -2.38. The van der Waals surface area contributed by atoms with Gasteiger partial charge in [0.2, 0.25) is 5.91 Å². The van der Waals surface area contributed by atoms with Gasteiger partial charge in [0.1, 0.15) is 17.5 Å². The van der Waals surface area contributed by atoms with E-state index in [1.54, 1.807) is 18.5 Å². The smallest absolute Gasteiger partial charge is 0.245 e. The van der Waals surface area contributed by atoms with E-state index in [4.69, 9.17) is 16.7 Å². The van der Waals surface area contributed by atoms with Gasteiger partial charge in [0.25, 0.3) is 0 Å². The first-order valence-electron chi connectivity index (χ1n) is 11.4. The van der Waals surface area contributed by atoms with E-state index in [1.807, 2.05) is 24.0 Å². The molecule has 0 bridgehead atoms. The molecule has 0 aliphatic carbocycles. The van der Waals surface area contributed by atoms with E-state index in [-0.39, 0.29) is 11.9 Å². The molecule has 1 aromatic carbocycles. The molecule has 1 aliphatic heterocycles. The van der Waals surface area contributed by atoms with E-state index < -0.39 is 0 Å². The Hall–Kier alpha value is -3.96. The van der Waals surface area contributed by atoms with Crippen LogP contribution in [0.15, 0.2) is 43.2 Å². The van der Waals surface area contributed by atoms with Crippen LogP contribution >= 0.6 is 11.6 Å². The van der Waals surface area contributed by atoms with Crippen LogP contribution in [0.3, 0.4) is 0 Å². The number of hydrogen-bond donors (Lipinski definition) is 1. The molecule has 0 saturated carbocycles. The van der Waals surface area contributed by atoms with E-state index in [2.05, 4.69) is 39.4 Å². The van der Waals surface area contributed by atoms with E-state index in [9.17, 15) is 10.1 Å².